The van der Waals surface area contributed by atoms with E-state index < -0.39 is 10.7 Å². The van der Waals surface area contributed by atoms with Gasteiger partial charge in [0.2, 0.25) is 5.78 Å². The molecule has 0 N–H and O–H groups in total. The van der Waals surface area contributed by atoms with Crippen LogP contribution in [0.15, 0.2) is 52.5 Å². The maximum Gasteiger partial charge on any atom is 0.270 e. The minimum Gasteiger partial charge on any atom is -0.496 e. The van der Waals surface area contributed by atoms with Crippen molar-refractivity contribution in [3.8, 4) is 11.8 Å². The Morgan fingerprint density at radius 3 is 2.71 bits per heavy atom. The second-order valence-corrected chi connectivity index (χ2v) is 5.61. The lowest BCUT2D eigenvalue weighted by Gasteiger charge is -2.06. The van der Waals surface area contributed by atoms with Crippen molar-refractivity contribution >= 4 is 33.5 Å². The number of ketones is 1. The number of hydrogen-bond donors (Lipinski definition) is 0. The van der Waals surface area contributed by atoms with Crippen LogP contribution in [0.25, 0.3) is 6.08 Å². The molecular weight excluding hydrogens is 376 g/mol. The predicted octanol–water partition coefficient (Wildman–Crippen LogP) is 4.16. The average molecular weight is 387 g/mol. The van der Waals surface area contributed by atoms with Crippen LogP contribution in [0, 0.1) is 21.4 Å². The molecule has 0 saturated heterocycles. The summed E-state index contributed by atoms with van der Waals surface area (Å²) in [4.78, 5) is 22.7. The van der Waals surface area contributed by atoms with Crippen molar-refractivity contribution in [3.05, 3.63) is 73.8 Å². The summed E-state index contributed by atoms with van der Waals surface area (Å²) in [5.41, 5.74) is 0.262. The molecule has 0 atom stereocenters. The summed E-state index contributed by atoms with van der Waals surface area (Å²) in [7, 11) is 1.48. The zero-order chi connectivity index (χ0) is 17.7. The number of rotatable bonds is 5. The van der Waals surface area contributed by atoms with Crippen molar-refractivity contribution in [2.24, 2.45) is 0 Å². The van der Waals surface area contributed by atoms with Gasteiger partial charge in [-0.2, -0.15) is 5.26 Å². The SMILES string of the molecule is COc1ccc(Br)cc1/C=C(\C#N)C(=O)c1cccc([N+](=O)[O-])c1. The molecule has 2 aromatic carbocycles. The largest absolute Gasteiger partial charge is 0.496 e. The number of halogens is 1. The van der Waals surface area contributed by atoms with Crippen LogP contribution in [0.2, 0.25) is 0 Å². The molecule has 2 aromatic rings. The van der Waals surface area contributed by atoms with Gasteiger partial charge in [-0.25, -0.2) is 0 Å². The number of nitrogens with zero attached hydrogens (tertiary/aromatic N) is 2. The van der Waals surface area contributed by atoms with E-state index in [9.17, 15) is 20.2 Å². The van der Waals surface area contributed by atoms with Crippen molar-refractivity contribution in [3.63, 3.8) is 0 Å². The fourth-order valence-electron chi connectivity index (χ4n) is 2.04. The predicted molar refractivity (Wildman–Crippen MR) is 91.7 cm³/mol. The highest BCUT2D eigenvalue weighted by atomic mass is 79.9. The number of Topliss-reactive ketones (excluding diaryl/α,β-unsaturated/α-hetero) is 1. The highest BCUT2D eigenvalue weighted by molar-refractivity contribution is 9.10. The van der Waals surface area contributed by atoms with Crippen molar-refractivity contribution in [2.75, 3.05) is 7.11 Å². The maximum absolute atomic E-state index is 12.5. The summed E-state index contributed by atoms with van der Waals surface area (Å²) in [5.74, 6) is -0.0963. The van der Waals surface area contributed by atoms with Crippen LogP contribution in [-0.4, -0.2) is 17.8 Å². The Hall–Kier alpha value is -2.98. The number of nitro benzene ring substituents is 1. The molecule has 0 saturated carbocycles. The number of allylic oxidation sites excluding steroid dienone is 1. The van der Waals surface area contributed by atoms with Crippen molar-refractivity contribution in [1.29, 1.82) is 5.26 Å². The highest BCUT2D eigenvalue weighted by Gasteiger charge is 2.16. The zero-order valence-electron chi connectivity index (χ0n) is 12.5. The molecule has 120 valence electrons. The molecule has 0 fully saturated rings. The number of hydrogen-bond acceptors (Lipinski definition) is 5. The van der Waals surface area contributed by atoms with Gasteiger partial charge < -0.3 is 4.74 Å². The van der Waals surface area contributed by atoms with Gasteiger partial charge in [-0.15, -0.1) is 0 Å². The second-order valence-electron chi connectivity index (χ2n) is 4.69. The Kier molecular flexibility index (Phi) is 5.45. The van der Waals surface area contributed by atoms with Crippen molar-refractivity contribution in [1.82, 2.24) is 0 Å². The van der Waals surface area contributed by atoms with Gasteiger partial charge in [0.05, 0.1) is 12.0 Å². The molecule has 24 heavy (non-hydrogen) atoms. The van der Waals surface area contributed by atoms with E-state index in [0.29, 0.717) is 11.3 Å². The van der Waals surface area contributed by atoms with Crippen LogP contribution in [-0.2, 0) is 0 Å². The summed E-state index contributed by atoms with van der Waals surface area (Å²) in [6.45, 7) is 0. The molecule has 7 heteroatoms. The lowest BCUT2D eigenvalue weighted by Crippen LogP contribution is -2.03. The van der Waals surface area contributed by atoms with Crippen LogP contribution in [0.5, 0.6) is 5.75 Å². The summed E-state index contributed by atoms with van der Waals surface area (Å²) in [6, 6.07) is 12.3. The molecule has 2 rings (SSSR count). The summed E-state index contributed by atoms with van der Waals surface area (Å²) >= 11 is 3.32. The number of methoxy groups -OCH3 is 1. The van der Waals surface area contributed by atoms with E-state index >= 15 is 0 Å². The van der Waals surface area contributed by atoms with Crippen LogP contribution in [0.3, 0.4) is 0 Å². The standard InChI is InChI=1S/C17H11BrN2O4/c1-24-16-6-5-14(18)8-12(16)7-13(10-19)17(21)11-3-2-4-15(9-11)20(22)23/h2-9H,1H3/b13-7+. The molecule has 0 radical (unpaired) electrons. The Labute approximate surface area is 146 Å². The van der Waals surface area contributed by atoms with E-state index in [0.717, 1.165) is 10.5 Å². The van der Waals surface area contributed by atoms with Gasteiger partial charge in [-0.1, -0.05) is 28.1 Å². The first-order chi connectivity index (χ1) is 11.5. The van der Waals surface area contributed by atoms with Gasteiger partial charge in [-0.3, -0.25) is 14.9 Å². The number of benzene rings is 2. The van der Waals surface area contributed by atoms with Crippen LogP contribution < -0.4 is 4.74 Å². The molecule has 0 spiro atoms. The third-order valence-electron chi connectivity index (χ3n) is 3.18. The van der Waals surface area contributed by atoms with E-state index in [-0.39, 0.29) is 16.8 Å². The molecule has 0 bridgehead atoms. The normalized spacial score (nSPS) is 10.8. The van der Waals surface area contributed by atoms with E-state index in [4.69, 9.17) is 4.74 Å². The lowest BCUT2D eigenvalue weighted by atomic mass is 10.0. The Balaban J connectivity index is 2.47. The van der Waals surface area contributed by atoms with Gasteiger partial charge in [0, 0.05) is 27.7 Å². The number of non-ortho nitro benzene ring substituents is 1. The third kappa shape index (κ3) is 3.86. The molecule has 0 amide bonds. The minimum atomic E-state index is -0.594. The molecule has 0 aliphatic heterocycles. The van der Waals surface area contributed by atoms with E-state index in [1.165, 1.54) is 31.4 Å². The number of carbonyl (C=O) groups excluding carboxylic acids is 1. The molecule has 0 aromatic heterocycles. The molecule has 0 heterocycles. The number of nitriles is 1. The summed E-state index contributed by atoms with van der Waals surface area (Å²) in [5, 5.41) is 20.1. The van der Waals surface area contributed by atoms with Gasteiger partial charge in [0.1, 0.15) is 17.4 Å². The van der Waals surface area contributed by atoms with E-state index in [2.05, 4.69) is 15.9 Å². The smallest absolute Gasteiger partial charge is 0.270 e. The Morgan fingerprint density at radius 2 is 2.08 bits per heavy atom. The molecule has 0 aliphatic carbocycles. The zero-order valence-corrected chi connectivity index (χ0v) is 14.1. The Bertz CT molecular complexity index is 884. The summed E-state index contributed by atoms with van der Waals surface area (Å²) in [6.07, 6.45) is 1.39. The van der Waals surface area contributed by atoms with E-state index in [1.54, 1.807) is 18.2 Å². The van der Waals surface area contributed by atoms with Crippen LogP contribution in [0.4, 0.5) is 5.69 Å². The van der Waals surface area contributed by atoms with Crippen molar-refractivity contribution in [2.45, 2.75) is 0 Å². The number of nitro groups is 1. The van der Waals surface area contributed by atoms with Crippen LogP contribution >= 0.6 is 15.9 Å². The molecule has 6 nitrogen and oxygen atoms in total. The molecule has 0 aliphatic rings. The second kappa shape index (κ2) is 7.53. The minimum absolute atomic E-state index is 0.0750. The fraction of sp³-hybridized carbons (Fsp3) is 0.0588. The quantitative estimate of drug-likeness (QED) is 0.253. The third-order valence-corrected chi connectivity index (χ3v) is 3.67. The monoisotopic (exact) mass is 386 g/mol. The highest BCUT2D eigenvalue weighted by Crippen LogP contribution is 2.26. The lowest BCUT2D eigenvalue weighted by molar-refractivity contribution is -0.384. The maximum atomic E-state index is 12.5. The van der Waals surface area contributed by atoms with Gasteiger partial charge in [-0.05, 0) is 24.3 Å². The van der Waals surface area contributed by atoms with Gasteiger partial charge in [0.25, 0.3) is 5.69 Å². The Morgan fingerprint density at radius 1 is 1.33 bits per heavy atom. The van der Waals surface area contributed by atoms with Crippen molar-refractivity contribution < 1.29 is 14.5 Å². The first-order valence-electron chi connectivity index (χ1n) is 6.70. The number of carbonyl (C=O) groups is 1. The van der Waals surface area contributed by atoms with Gasteiger partial charge in [0.15, 0.2) is 0 Å². The topological polar surface area (TPSA) is 93.2 Å². The van der Waals surface area contributed by atoms with Gasteiger partial charge >= 0.3 is 0 Å². The summed E-state index contributed by atoms with van der Waals surface area (Å²) < 4.78 is 5.97. The fourth-order valence-corrected chi connectivity index (χ4v) is 2.42. The van der Waals surface area contributed by atoms with Crippen LogP contribution in [0.1, 0.15) is 15.9 Å². The van der Waals surface area contributed by atoms with E-state index in [1.807, 2.05) is 6.07 Å². The molecule has 0 unspecified atom stereocenters. The number of ether oxygens (including phenoxy) is 1. The first kappa shape index (κ1) is 17.4. The molecular formula is C17H11BrN2O4. The average Bonchev–Trinajstić information content (AvgIpc) is 2.59. The first-order valence-corrected chi connectivity index (χ1v) is 7.50.